The van der Waals surface area contributed by atoms with Crippen molar-refractivity contribution in [2.75, 3.05) is 6.54 Å². The minimum Gasteiger partial charge on any atom is -0.359 e. The summed E-state index contributed by atoms with van der Waals surface area (Å²) in [5.41, 5.74) is 7.12. The van der Waals surface area contributed by atoms with Crippen molar-refractivity contribution in [1.29, 1.82) is 0 Å². The lowest BCUT2D eigenvalue weighted by Crippen LogP contribution is -2.10. The van der Waals surface area contributed by atoms with Crippen LogP contribution in [-0.4, -0.2) is 27.7 Å². The molecule has 0 aliphatic heterocycles. The number of benzene rings is 2. The molecule has 0 bridgehead atoms. The summed E-state index contributed by atoms with van der Waals surface area (Å²) in [5.74, 6) is -0.178. The number of carbonyl (C=O) groups excluding carboxylic acids is 1. The van der Waals surface area contributed by atoms with Crippen molar-refractivity contribution in [3.63, 3.8) is 0 Å². The van der Waals surface area contributed by atoms with E-state index in [9.17, 15) is 9.18 Å². The van der Waals surface area contributed by atoms with Crippen molar-refractivity contribution >= 4 is 6.41 Å². The number of nitrogens with one attached hydrogen (secondary N) is 1. The minimum absolute atomic E-state index is 0.178. The number of unbranched alkanes of at least 4 members (excludes halogenated alkanes) is 1. The van der Waals surface area contributed by atoms with Crippen LogP contribution in [0.25, 0.3) is 22.5 Å². The number of rotatable bonds is 8. The molecule has 0 spiro atoms. The van der Waals surface area contributed by atoms with Crippen molar-refractivity contribution in [3.05, 3.63) is 95.6 Å². The Morgan fingerprint density at radius 2 is 1.68 bits per heavy atom. The molecule has 37 heavy (non-hydrogen) atoms. The van der Waals surface area contributed by atoms with Gasteiger partial charge in [-0.2, -0.15) is 5.10 Å². The molecule has 1 N–H and O–H groups in total. The molecule has 0 fully saturated rings. The van der Waals surface area contributed by atoms with E-state index in [4.69, 9.17) is 5.10 Å². The molecule has 0 saturated heterocycles. The molecule has 5 nitrogen and oxygen atoms in total. The molecule has 2 heterocycles. The summed E-state index contributed by atoms with van der Waals surface area (Å²) in [6.45, 7) is 11.7. The van der Waals surface area contributed by atoms with Gasteiger partial charge in [0.25, 0.3) is 0 Å². The van der Waals surface area contributed by atoms with Crippen LogP contribution in [0, 0.1) is 26.6 Å². The average Bonchev–Trinajstić information content (AvgIpc) is 3.33. The third-order valence-electron chi connectivity index (χ3n) is 5.56. The second kappa shape index (κ2) is 16.0. The largest absolute Gasteiger partial charge is 0.359 e. The molecule has 2 aromatic heterocycles. The van der Waals surface area contributed by atoms with Gasteiger partial charge in [0, 0.05) is 30.5 Å². The number of pyridine rings is 1. The van der Waals surface area contributed by atoms with Crippen LogP contribution in [0.5, 0.6) is 0 Å². The smallest absolute Gasteiger partial charge is 0.207 e. The van der Waals surface area contributed by atoms with Gasteiger partial charge in [0.2, 0.25) is 6.41 Å². The summed E-state index contributed by atoms with van der Waals surface area (Å²) >= 11 is 0. The van der Waals surface area contributed by atoms with Gasteiger partial charge >= 0.3 is 0 Å². The Kier molecular flexibility index (Phi) is 12.8. The van der Waals surface area contributed by atoms with Crippen LogP contribution in [0.3, 0.4) is 0 Å². The number of hydrogen-bond acceptors (Lipinski definition) is 3. The molecular weight excluding hydrogens is 463 g/mol. The van der Waals surface area contributed by atoms with Crippen LogP contribution in [-0.2, 0) is 11.3 Å². The Balaban J connectivity index is 0.000000282. The number of halogens is 1. The van der Waals surface area contributed by atoms with Crippen LogP contribution in [0.2, 0.25) is 0 Å². The number of nitrogens with zero attached hydrogens (tertiary/aromatic N) is 3. The van der Waals surface area contributed by atoms with E-state index in [1.54, 1.807) is 13.0 Å². The molecule has 4 rings (SSSR count). The van der Waals surface area contributed by atoms with E-state index >= 15 is 0 Å². The van der Waals surface area contributed by atoms with Crippen molar-refractivity contribution in [2.24, 2.45) is 0 Å². The molecule has 196 valence electrons. The van der Waals surface area contributed by atoms with Gasteiger partial charge in [-0.3, -0.25) is 14.5 Å². The highest BCUT2D eigenvalue weighted by atomic mass is 19.1. The average molecular weight is 503 g/mol. The molecule has 0 aliphatic carbocycles. The minimum atomic E-state index is -0.178. The van der Waals surface area contributed by atoms with Crippen molar-refractivity contribution < 1.29 is 9.18 Å². The Bertz CT molecular complexity index is 1200. The van der Waals surface area contributed by atoms with Crippen molar-refractivity contribution in [2.45, 2.75) is 60.4 Å². The Morgan fingerprint density at radius 3 is 2.22 bits per heavy atom. The van der Waals surface area contributed by atoms with Gasteiger partial charge in [-0.15, -0.1) is 0 Å². The molecule has 0 saturated carbocycles. The molecular formula is C31H39FN4O. The van der Waals surface area contributed by atoms with Gasteiger partial charge in [0.1, 0.15) is 5.82 Å². The number of aromatic nitrogens is 3. The monoisotopic (exact) mass is 502 g/mol. The first-order chi connectivity index (χ1) is 17.9. The lowest BCUT2D eigenvalue weighted by Gasteiger charge is -2.06. The maximum Gasteiger partial charge on any atom is 0.207 e. The van der Waals surface area contributed by atoms with E-state index in [1.807, 2.05) is 50.4 Å². The van der Waals surface area contributed by atoms with Gasteiger partial charge in [-0.1, -0.05) is 50.6 Å². The summed E-state index contributed by atoms with van der Waals surface area (Å²) in [5, 5.41) is 7.28. The highest BCUT2D eigenvalue weighted by Crippen LogP contribution is 2.27. The fraction of sp³-hybridized carbons (Fsp3) is 0.323. The molecule has 6 heteroatoms. The molecule has 0 radical (unpaired) electrons. The van der Waals surface area contributed by atoms with Gasteiger partial charge in [-0.05, 0) is 86.7 Å². The Labute approximate surface area is 220 Å². The maximum absolute atomic E-state index is 13.5. The number of aryl methyl sites for hydroxylation is 4. The molecule has 0 aliphatic rings. The number of hydrogen-bond donors (Lipinski definition) is 1. The zero-order valence-electron chi connectivity index (χ0n) is 22.7. The molecule has 2 aromatic carbocycles. The standard InChI is InChI=1S/C20H21FN2.C7H9N.C4H9NO/c1-3-4-12-23-20(16-8-6-5-7-9-16)14-19(22-23)17-10-11-18(21)15(2)13-17;1-6-3-4-8-7(2)5-6;1-2-3-5-4-6/h5-11,13-14H,3-4,12H2,1-2H3;3-5H,1-2H3;4H,2-3H2,1H3,(H,5,6). The Morgan fingerprint density at radius 1 is 0.919 bits per heavy atom. The molecule has 0 unspecified atom stereocenters. The SMILES string of the molecule is CCCCn1nc(-c2ccc(F)c(C)c2)cc1-c1ccccc1.CCCNC=O.Cc1ccnc(C)c1. The lowest BCUT2D eigenvalue weighted by molar-refractivity contribution is -0.109. The van der Waals surface area contributed by atoms with Crippen LogP contribution in [0.1, 0.15) is 49.9 Å². The first-order valence-corrected chi connectivity index (χ1v) is 12.9. The van der Waals surface area contributed by atoms with Gasteiger partial charge in [0.05, 0.1) is 11.4 Å². The van der Waals surface area contributed by atoms with Crippen molar-refractivity contribution in [1.82, 2.24) is 20.1 Å². The fourth-order valence-electron chi connectivity index (χ4n) is 3.57. The van der Waals surface area contributed by atoms with E-state index in [0.717, 1.165) is 60.6 Å². The highest BCUT2D eigenvalue weighted by molar-refractivity contribution is 5.69. The van der Waals surface area contributed by atoms with Gasteiger partial charge in [0.15, 0.2) is 0 Å². The van der Waals surface area contributed by atoms with Crippen molar-refractivity contribution in [3.8, 4) is 22.5 Å². The fourth-order valence-corrected chi connectivity index (χ4v) is 3.57. The van der Waals surface area contributed by atoms with E-state index in [0.29, 0.717) is 12.0 Å². The van der Waals surface area contributed by atoms with Crippen LogP contribution < -0.4 is 5.32 Å². The topological polar surface area (TPSA) is 59.8 Å². The lowest BCUT2D eigenvalue weighted by atomic mass is 10.1. The predicted molar refractivity (Wildman–Crippen MR) is 151 cm³/mol. The normalized spacial score (nSPS) is 10.0. The number of carbonyl (C=O) groups is 1. The van der Waals surface area contributed by atoms with E-state index in [-0.39, 0.29) is 5.82 Å². The summed E-state index contributed by atoms with van der Waals surface area (Å²) in [7, 11) is 0. The summed E-state index contributed by atoms with van der Waals surface area (Å²) in [6.07, 6.45) is 5.76. The summed E-state index contributed by atoms with van der Waals surface area (Å²) < 4.78 is 15.6. The first-order valence-electron chi connectivity index (χ1n) is 12.9. The van der Waals surface area contributed by atoms with E-state index in [1.165, 1.54) is 11.6 Å². The summed E-state index contributed by atoms with van der Waals surface area (Å²) in [6, 6.07) is 21.6. The highest BCUT2D eigenvalue weighted by Gasteiger charge is 2.12. The first kappa shape index (κ1) is 29.4. The predicted octanol–water partition coefficient (Wildman–Crippen LogP) is 7.31. The number of amides is 1. The zero-order chi connectivity index (χ0) is 27.0. The van der Waals surface area contributed by atoms with Gasteiger partial charge < -0.3 is 5.32 Å². The Hall–Kier alpha value is -3.80. The molecule has 1 amide bonds. The van der Waals surface area contributed by atoms with Gasteiger partial charge in [-0.25, -0.2) is 4.39 Å². The van der Waals surface area contributed by atoms with Crippen LogP contribution >= 0.6 is 0 Å². The zero-order valence-corrected chi connectivity index (χ0v) is 22.7. The summed E-state index contributed by atoms with van der Waals surface area (Å²) in [4.78, 5) is 13.5. The second-order valence-corrected chi connectivity index (χ2v) is 8.87. The van der Waals surface area contributed by atoms with Crippen LogP contribution in [0.15, 0.2) is 72.9 Å². The van der Waals surface area contributed by atoms with E-state index < -0.39 is 0 Å². The van der Waals surface area contributed by atoms with E-state index in [2.05, 4.69) is 53.1 Å². The third-order valence-corrected chi connectivity index (χ3v) is 5.56. The second-order valence-electron chi connectivity index (χ2n) is 8.87. The molecule has 4 aromatic rings. The maximum atomic E-state index is 13.5. The third kappa shape index (κ3) is 10.00. The molecule has 0 atom stereocenters. The van der Waals surface area contributed by atoms with Crippen LogP contribution in [0.4, 0.5) is 4.39 Å². The quantitative estimate of drug-likeness (QED) is 0.203.